The second kappa shape index (κ2) is 6.53. The average molecular weight is 336 g/mol. The molecule has 2 aromatic rings. The van der Waals surface area contributed by atoms with Gasteiger partial charge in [-0.05, 0) is 30.3 Å². The van der Waals surface area contributed by atoms with Crippen molar-refractivity contribution in [1.82, 2.24) is 0 Å². The molecule has 2 rings (SSSR count). The van der Waals surface area contributed by atoms with Gasteiger partial charge < -0.3 is 15.3 Å². The van der Waals surface area contributed by atoms with Gasteiger partial charge in [0.2, 0.25) is 0 Å². The lowest BCUT2D eigenvalue weighted by Crippen LogP contribution is -2.09. The van der Waals surface area contributed by atoms with Gasteiger partial charge in [-0.3, -0.25) is 10.1 Å². The Hall–Kier alpha value is -2.80. The highest BCUT2D eigenvalue weighted by Crippen LogP contribution is 2.36. The summed E-state index contributed by atoms with van der Waals surface area (Å²) in [4.78, 5) is 23.8. The summed E-state index contributed by atoms with van der Waals surface area (Å²) in [6.45, 7) is 0. The fraction of sp³-hybridized carbons (Fsp3) is 0.133. The number of nitro groups is 1. The first-order chi connectivity index (χ1) is 10.8. The van der Waals surface area contributed by atoms with Crippen molar-refractivity contribution in [3.8, 4) is 0 Å². The predicted molar refractivity (Wildman–Crippen MR) is 89.1 cm³/mol. The molecule has 23 heavy (non-hydrogen) atoms. The van der Waals surface area contributed by atoms with Gasteiger partial charge in [0.05, 0.1) is 9.95 Å². The molecule has 0 spiro atoms. The van der Waals surface area contributed by atoms with E-state index < -0.39 is 10.9 Å². The number of hydrogen-bond acceptors (Lipinski definition) is 5. The normalized spacial score (nSPS) is 10.2. The van der Waals surface area contributed by atoms with E-state index in [-0.39, 0.29) is 22.0 Å². The van der Waals surface area contributed by atoms with Crippen molar-refractivity contribution in [2.45, 2.75) is 0 Å². The minimum absolute atomic E-state index is 0.0736. The van der Waals surface area contributed by atoms with Gasteiger partial charge in [-0.1, -0.05) is 11.6 Å². The van der Waals surface area contributed by atoms with E-state index in [2.05, 4.69) is 5.32 Å². The number of rotatable bonds is 5. The molecular formula is C15H14ClN3O4. The topological polar surface area (TPSA) is 95.7 Å². The zero-order valence-electron chi connectivity index (χ0n) is 12.4. The molecule has 0 unspecified atom stereocenters. The number of carbonyl (C=O) groups is 1. The highest BCUT2D eigenvalue weighted by Gasteiger charge is 2.24. The first-order valence-corrected chi connectivity index (χ1v) is 6.93. The van der Waals surface area contributed by atoms with Gasteiger partial charge in [0.1, 0.15) is 11.3 Å². The van der Waals surface area contributed by atoms with E-state index >= 15 is 0 Å². The smallest absolute Gasteiger partial charge is 0.339 e. The number of hydrogen-bond donors (Lipinski definition) is 2. The molecule has 2 N–H and O–H groups in total. The zero-order chi connectivity index (χ0) is 17.1. The summed E-state index contributed by atoms with van der Waals surface area (Å²) in [7, 11) is 3.76. The van der Waals surface area contributed by atoms with Gasteiger partial charge in [0.15, 0.2) is 0 Å². The predicted octanol–water partition coefficient (Wildman–Crippen LogP) is 3.76. The quantitative estimate of drug-likeness (QED) is 0.638. The molecule has 0 aliphatic rings. The Morgan fingerprint density at radius 1 is 1.22 bits per heavy atom. The SMILES string of the molecule is CN(C)c1ccc(Nc2c([N+](=O)[O-])ccc(Cl)c2C(=O)O)cc1. The summed E-state index contributed by atoms with van der Waals surface area (Å²) >= 11 is 5.88. The molecule has 0 bridgehead atoms. The standard InChI is InChI=1S/C15H14ClN3O4/c1-18(2)10-5-3-9(4-6-10)17-14-12(19(22)23)8-7-11(16)13(14)15(20)21/h3-8,17H,1-2H3,(H,20,21). The maximum atomic E-state index is 11.4. The van der Waals surface area contributed by atoms with Crippen LogP contribution in [0.4, 0.5) is 22.7 Å². The van der Waals surface area contributed by atoms with Crippen molar-refractivity contribution < 1.29 is 14.8 Å². The van der Waals surface area contributed by atoms with Crippen LogP contribution in [-0.2, 0) is 0 Å². The van der Waals surface area contributed by atoms with E-state index in [1.54, 1.807) is 24.3 Å². The molecule has 0 amide bonds. The zero-order valence-corrected chi connectivity index (χ0v) is 13.2. The van der Waals surface area contributed by atoms with Crippen molar-refractivity contribution in [1.29, 1.82) is 0 Å². The highest BCUT2D eigenvalue weighted by molar-refractivity contribution is 6.34. The Kier molecular flexibility index (Phi) is 4.71. The third kappa shape index (κ3) is 3.51. The van der Waals surface area contributed by atoms with Crippen LogP contribution in [0.3, 0.4) is 0 Å². The van der Waals surface area contributed by atoms with Gasteiger partial charge in [0.25, 0.3) is 5.69 Å². The number of anilines is 3. The number of aromatic carboxylic acids is 1. The lowest BCUT2D eigenvalue weighted by atomic mass is 10.1. The molecule has 0 aliphatic carbocycles. The molecular weight excluding hydrogens is 322 g/mol. The van der Waals surface area contributed by atoms with Crippen molar-refractivity contribution >= 4 is 40.3 Å². The Balaban J connectivity index is 2.50. The third-order valence-corrected chi connectivity index (χ3v) is 3.51. The third-order valence-electron chi connectivity index (χ3n) is 3.20. The molecule has 2 aromatic carbocycles. The fourth-order valence-electron chi connectivity index (χ4n) is 2.04. The summed E-state index contributed by atoms with van der Waals surface area (Å²) in [6, 6.07) is 9.38. The van der Waals surface area contributed by atoms with Crippen LogP contribution in [0, 0.1) is 10.1 Å². The fourth-order valence-corrected chi connectivity index (χ4v) is 2.28. The van der Waals surface area contributed by atoms with Crippen LogP contribution in [0.1, 0.15) is 10.4 Å². The van der Waals surface area contributed by atoms with Crippen molar-refractivity contribution in [3.63, 3.8) is 0 Å². The minimum atomic E-state index is -1.34. The monoisotopic (exact) mass is 335 g/mol. The van der Waals surface area contributed by atoms with Crippen molar-refractivity contribution in [3.05, 3.63) is 57.1 Å². The summed E-state index contributed by atoms with van der Waals surface area (Å²) in [5, 5.41) is 23.2. The number of nitrogens with one attached hydrogen (secondary N) is 1. The molecule has 0 aliphatic heterocycles. The molecule has 7 nitrogen and oxygen atoms in total. The maximum absolute atomic E-state index is 11.4. The van der Waals surface area contributed by atoms with Crippen LogP contribution < -0.4 is 10.2 Å². The lowest BCUT2D eigenvalue weighted by molar-refractivity contribution is -0.383. The second-order valence-electron chi connectivity index (χ2n) is 4.95. The number of nitro benzene ring substituents is 1. The summed E-state index contributed by atoms with van der Waals surface area (Å²) in [5.74, 6) is -1.34. The van der Waals surface area contributed by atoms with E-state index in [4.69, 9.17) is 11.6 Å². The van der Waals surface area contributed by atoms with Crippen LogP contribution in [-0.4, -0.2) is 30.1 Å². The molecule has 0 saturated carbocycles. The summed E-state index contributed by atoms with van der Waals surface area (Å²) < 4.78 is 0. The second-order valence-corrected chi connectivity index (χ2v) is 5.35. The molecule has 120 valence electrons. The molecule has 0 aromatic heterocycles. The molecule has 0 fully saturated rings. The Morgan fingerprint density at radius 3 is 2.30 bits per heavy atom. The van der Waals surface area contributed by atoms with Crippen molar-refractivity contribution in [2.75, 3.05) is 24.3 Å². The van der Waals surface area contributed by atoms with Crippen LogP contribution >= 0.6 is 11.6 Å². The summed E-state index contributed by atoms with van der Waals surface area (Å²) in [6.07, 6.45) is 0. The van der Waals surface area contributed by atoms with Crippen molar-refractivity contribution in [2.24, 2.45) is 0 Å². The lowest BCUT2D eigenvalue weighted by Gasteiger charge is -2.14. The Morgan fingerprint density at radius 2 is 1.83 bits per heavy atom. The molecule has 0 saturated heterocycles. The number of benzene rings is 2. The van der Waals surface area contributed by atoms with Crippen LogP contribution in [0.2, 0.25) is 5.02 Å². The van der Waals surface area contributed by atoms with E-state index in [9.17, 15) is 20.0 Å². The minimum Gasteiger partial charge on any atom is -0.478 e. The number of carboxylic acid groups (broad SMARTS) is 1. The van der Waals surface area contributed by atoms with Crippen LogP contribution in [0.25, 0.3) is 0 Å². The van der Waals surface area contributed by atoms with Crippen LogP contribution in [0.5, 0.6) is 0 Å². The molecule has 8 heteroatoms. The first-order valence-electron chi connectivity index (χ1n) is 6.56. The maximum Gasteiger partial charge on any atom is 0.339 e. The van der Waals surface area contributed by atoms with Crippen LogP contribution in [0.15, 0.2) is 36.4 Å². The van der Waals surface area contributed by atoms with Gasteiger partial charge in [0, 0.05) is 31.5 Å². The van der Waals surface area contributed by atoms with Gasteiger partial charge in [-0.15, -0.1) is 0 Å². The van der Waals surface area contributed by atoms with E-state index in [0.717, 1.165) is 5.69 Å². The highest BCUT2D eigenvalue weighted by atomic mass is 35.5. The number of carboxylic acids is 1. The first kappa shape index (κ1) is 16.6. The van der Waals surface area contributed by atoms with Gasteiger partial charge in [-0.2, -0.15) is 0 Å². The van der Waals surface area contributed by atoms with Gasteiger partial charge in [-0.25, -0.2) is 4.79 Å². The molecule has 0 heterocycles. The Bertz CT molecular complexity index is 760. The molecule has 0 radical (unpaired) electrons. The van der Waals surface area contributed by atoms with E-state index in [1.165, 1.54) is 12.1 Å². The van der Waals surface area contributed by atoms with E-state index in [0.29, 0.717) is 5.69 Å². The summed E-state index contributed by atoms with van der Waals surface area (Å²) in [5.41, 5.74) is 0.617. The van der Waals surface area contributed by atoms with Gasteiger partial charge >= 0.3 is 5.97 Å². The number of halogens is 1. The number of nitrogens with zero attached hydrogens (tertiary/aromatic N) is 2. The molecule has 0 atom stereocenters. The average Bonchev–Trinajstić information content (AvgIpc) is 2.47. The van der Waals surface area contributed by atoms with E-state index in [1.807, 2.05) is 19.0 Å². The Labute approximate surface area is 137 Å². The largest absolute Gasteiger partial charge is 0.478 e.